The van der Waals surface area contributed by atoms with Gasteiger partial charge in [0.25, 0.3) is 0 Å². The summed E-state index contributed by atoms with van der Waals surface area (Å²) in [6.07, 6.45) is 2.51. The lowest BCUT2D eigenvalue weighted by Crippen LogP contribution is -2.33. The van der Waals surface area contributed by atoms with Crippen molar-refractivity contribution >= 4 is 5.78 Å². The van der Waals surface area contributed by atoms with Gasteiger partial charge in [-0.15, -0.1) is 0 Å². The summed E-state index contributed by atoms with van der Waals surface area (Å²) in [5.74, 6) is -0.0137. The molecule has 0 unspecified atom stereocenters. The van der Waals surface area contributed by atoms with E-state index in [2.05, 4.69) is 0 Å². The lowest BCUT2D eigenvalue weighted by molar-refractivity contribution is -0.111. The SMILES string of the molecule is CC(C)(C)C1=CC(=O)C=C(C(C)(C)C)C1O. The Labute approximate surface area is 98.1 Å². The Kier molecular flexibility index (Phi) is 3.17. The van der Waals surface area contributed by atoms with Crippen LogP contribution in [-0.4, -0.2) is 17.0 Å². The molecular weight excluding hydrogens is 200 g/mol. The monoisotopic (exact) mass is 222 g/mol. The van der Waals surface area contributed by atoms with E-state index in [1.54, 1.807) is 12.2 Å². The van der Waals surface area contributed by atoms with Crippen molar-refractivity contribution < 1.29 is 9.90 Å². The molecule has 0 fully saturated rings. The Balaban J connectivity index is 3.18. The molecule has 0 amide bonds. The predicted molar refractivity (Wildman–Crippen MR) is 66.1 cm³/mol. The number of aliphatic hydroxyl groups excluding tert-OH is 1. The minimum Gasteiger partial charge on any atom is -0.384 e. The molecule has 0 atom stereocenters. The third kappa shape index (κ3) is 2.62. The minimum atomic E-state index is -0.627. The molecule has 0 saturated carbocycles. The summed E-state index contributed by atoms with van der Waals surface area (Å²) in [6.45, 7) is 12.1. The second kappa shape index (κ2) is 3.85. The highest BCUT2D eigenvalue weighted by molar-refractivity contribution is 6.02. The number of aliphatic hydroxyl groups is 1. The zero-order valence-corrected chi connectivity index (χ0v) is 11.1. The number of hydrogen-bond acceptors (Lipinski definition) is 2. The van der Waals surface area contributed by atoms with E-state index in [-0.39, 0.29) is 16.6 Å². The first-order valence-electron chi connectivity index (χ1n) is 5.69. The Hall–Kier alpha value is -0.890. The summed E-state index contributed by atoms with van der Waals surface area (Å²) in [6, 6.07) is 0. The van der Waals surface area contributed by atoms with Crippen LogP contribution >= 0.6 is 0 Å². The molecule has 0 aromatic rings. The standard InChI is InChI=1S/C14H22O2/c1-13(2,3)10-7-9(15)8-11(12(10)16)14(4,5)6/h7-8,12,16H,1-6H3. The lowest BCUT2D eigenvalue weighted by atomic mass is 9.71. The van der Waals surface area contributed by atoms with Crippen molar-refractivity contribution in [3.63, 3.8) is 0 Å². The normalized spacial score (nSPS) is 19.6. The van der Waals surface area contributed by atoms with Gasteiger partial charge in [-0.2, -0.15) is 0 Å². The maximum absolute atomic E-state index is 11.7. The smallest absolute Gasteiger partial charge is 0.178 e. The molecule has 0 bridgehead atoms. The summed E-state index contributed by atoms with van der Waals surface area (Å²) in [5.41, 5.74) is 1.26. The van der Waals surface area contributed by atoms with E-state index in [4.69, 9.17) is 0 Å². The highest BCUT2D eigenvalue weighted by Crippen LogP contribution is 2.39. The zero-order valence-electron chi connectivity index (χ0n) is 11.1. The zero-order chi connectivity index (χ0) is 12.7. The van der Waals surface area contributed by atoms with E-state index in [1.165, 1.54) is 0 Å². The average Bonchev–Trinajstić information content (AvgIpc) is 2.04. The molecule has 2 nitrogen and oxygen atoms in total. The third-order valence-electron chi connectivity index (χ3n) is 2.92. The molecule has 0 saturated heterocycles. The van der Waals surface area contributed by atoms with E-state index >= 15 is 0 Å². The quantitative estimate of drug-likeness (QED) is 0.684. The van der Waals surface area contributed by atoms with Gasteiger partial charge in [-0.25, -0.2) is 0 Å². The molecular formula is C14H22O2. The third-order valence-corrected chi connectivity index (χ3v) is 2.92. The fourth-order valence-electron chi connectivity index (χ4n) is 1.93. The Morgan fingerprint density at radius 2 is 1.25 bits per heavy atom. The molecule has 0 radical (unpaired) electrons. The summed E-state index contributed by atoms with van der Waals surface area (Å²) in [5, 5.41) is 10.3. The van der Waals surface area contributed by atoms with Crippen molar-refractivity contribution in [3.05, 3.63) is 23.3 Å². The van der Waals surface area contributed by atoms with Gasteiger partial charge in [0.2, 0.25) is 0 Å². The van der Waals surface area contributed by atoms with Crippen LogP contribution in [0.2, 0.25) is 0 Å². The van der Waals surface area contributed by atoms with Crippen molar-refractivity contribution in [3.8, 4) is 0 Å². The molecule has 0 aromatic carbocycles. The van der Waals surface area contributed by atoms with Crippen molar-refractivity contribution in [2.45, 2.75) is 47.6 Å². The van der Waals surface area contributed by atoms with Crippen LogP contribution in [0.25, 0.3) is 0 Å². The number of allylic oxidation sites excluding steroid dienone is 2. The highest BCUT2D eigenvalue weighted by Gasteiger charge is 2.34. The lowest BCUT2D eigenvalue weighted by Gasteiger charge is -2.36. The topological polar surface area (TPSA) is 37.3 Å². The van der Waals surface area contributed by atoms with Gasteiger partial charge in [0.15, 0.2) is 5.78 Å². The molecule has 0 spiro atoms. The molecule has 1 aliphatic rings. The van der Waals surface area contributed by atoms with Crippen LogP contribution in [0.15, 0.2) is 23.3 Å². The van der Waals surface area contributed by atoms with E-state index in [1.807, 2.05) is 41.5 Å². The van der Waals surface area contributed by atoms with E-state index < -0.39 is 6.10 Å². The molecule has 0 aliphatic heterocycles. The van der Waals surface area contributed by atoms with Gasteiger partial charge in [-0.05, 0) is 34.1 Å². The maximum Gasteiger partial charge on any atom is 0.178 e. The Morgan fingerprint density at radius 1 is 0.938 bits per heavy atom. The number of carbonyl (C=O) groups is 1. The van der Waals surface area contributed by atoms with Gasteiger partial charge in [-0.3, -0.25) is 4.79 Å². The van der Waals surface area contributed by atoms with Crippen LogP contribution in [0.4, 0.5) is 0 Å². The predicted octanol–water partition coefficient (Wildman–Crippen LogP) is 2.88. The number of carbonyl (C=O) groups excluding carboxylic acids is 1. The average molecular weight is 222 g/mol. The molecule has 0 aromatic heterocycles. The number of ketones is 1. The summed E-state index contributed by atoms with van der Waals surface area (Å²) < 4.78 is 0. The molecule has 16 heavy (non-hydrogen) atoms. The van der Waals surface area contributed by atoms with Crippen LogP contribution < -0.4 is 0 Å². The van der Waals surface area contributed by atoms with Crippen LogP contribution in [0.5, 0.6) is 0 Å². The van der Waals surface area contributed by atoms with Gasteiger partial charge in [-0.1, -0.05) is 41.5 Å². The van der Waals surface area contributed by atoms with Crippen molar-refractivity contribution in [1.82, 2.24) is 0 Å². The summed E-state index contributed by atoms with van der Waals surface area (Å²) in [4.78, 5) is 11.7. The first-order chi connectivity index (χ1) is 7.03. The van der Waals surface area contributed by atoms with Gasteiger partial charge in [0.05, 0.1) is 6.10 Å². The fourth-order valence-corrected chi connectivity index (χ4v) is 1.93. The second-order valence-electron chi connectivity index (χ2n) is 6.50. The van der Waals surface area contributed by atoms with Crippen LogP contribution in [-0.2, 0) is 4.79 Å². The molecule has 1 N–H and O–H groups in total. The van der Waals surface area contributed by atoms with Crippen LogP contribution in [0.3, 0.4) is 0 Å². The molecule has 0 heterocycles. The van der Waals surface area contributed by atoms with Gasteiger partial charge in [0, 0.05) is 0 Å². The first kappa shape index (κ1) is 13.2. The molecule has 2 heteroatoms. The Morgan fingerprint density at radius 3 is 1.50 bits per heavy atom. The highest BCUT2D eigenvalue weighted by atomic mass is 16.3. The maximum atomic E-state index is 11.7. The Bertz CT molecular complexity index is 325. The second-order valence-corrected chi connectivity index (χ2v) is 6.50. The van der Waals surface area contributed by atoms with E-state index in [0.29, 0.717) is 0 Å². The first-order valence-corrected chi connectivity index (χ1v) is 5.69. The van der Waals surface area contributed by atoms with Crippen LogP contribution in [0, 0.1) is 10.8 Å². The number of rotatable bonds is 0. The van der Waals surface area contributed by atoms with Gasteiger partial charge < -0.3 is 5.11 Å². The molecule has 1 aliphatic carbocycles. The summed E-state index contributed by atoms with van der Waals surface area (Å²) in [7, 11) is 0. The van der Waals surface area contributed by atoms with Gasteiger partial charge in [0.1, 0.15) is 0 Å². The van der Waals surface area contributed by atoms with Crippen molar-refractivity contribution in [2.24, 2.45) is 10.8 Å². The largest absolute Gasteiger partial charge is 0.384 e. The van der Waals surface area contributed by atoms with E-state index in [9.17, 15) is 9.90 Å². The molecule has 90 valence electrons. The number of hydrogen-bond donors (Lipinski definition) is 1. The van der Waals surface area contributed by atoms with Crippen molar-refractivity contribution in [1.29, 1.82) is 0 Å². The van der Waals surface area contributed by atoms with Gasteiger partial charge >= 0.3 is 0 Å². The molecule has 1 rings (SSSR count). The fraction of sp³-hybridized carbons (Fsp3) is 0.643. The van der Waals surface area contributed by atoms with E-state index in [0.717, 1.165) is 11.1 Å². The minimum absolute atomic E-state index is 0.0137. The van der Waals surface area contributed by atoms with Crippen molar-refractivity contribution in [2.75, 3.05) is 0 Å². The van der Waals surface area contributed by atoms with Crippen LogP contribution in [0.1, 0.15) is 41.5 Å². The summed E-state index contributed by atoms with van der Waals surface area (Å²) >= 11 is 0.